The lowest BCUT2D eigenvalue weighted by Gasteiger charge is -2.04. The first-order valence-corrected chi connectivity index (χ1v) is 4.44. The Morgan fingerprint density at radius 1 is 1.31 bits per heavy atom. The van der Waals surface area contributed by atoms with Crippen molar-refractivity contribution in [3.05, 3.63) is 35.4 Å². The van der Waals surface area contributed by atoms with Gasteiger partial charge < -0.3 is 0 Å². The molecule has 0 aliphatic rings. The van der Waals surface area contributed by atoms with Gasteiger partial charge in [0.25, 0.3) is 5.91 Å². The maximum atomic E-state index is 10.6. The molecule has 0 unspecified atom stereocenters. The molecule has 1 aromatic carbocycles. The SMILES string of the molecule is CC(C)Cc1ccc(C([NH])=O)cc1. The molecule has 0 fully saturated rings. The summed E-state index contributed by atoms with van der Waals surface area (Å²) in [6.07, 6.45) is 1.02. The minimum Gasteiger partial charge on any atom is -0.267 e. The predicted octanol–water partition coefficient (Wildman–Crippen LogP) is 2.31. The Bertz CT molecular complexity index is 287. The van der Waals surface area contributed by atoms with Gasteiger partial charge in [0.1, 0.15) is 0 Å². The number of hydrogen-bond acceptors (Lipinski definition) is 1. The predicted molar refractivity (Wildman–Crippen MR) is 52.4 cm³/mol. The number of amides is 1. The van der Waals surface area contributed by atoms with Crippen molar-refractivity contribution in [2.45, 2.75) is 20.3 Å². The van der Waals surface area contributed by atoms with Crippen LogP contribution in [-0.4, -0.2) is 5.91 Å². The monoisotopic (exact) mass is 176 g/mol. The first kappa shape index (κ1) is 9.78. The molecule has 0 bridgehead atoms. The highest BCUT2D eigenvalue weighted by Crippen LogP contribution is 2.09. The van der Waals surface area contributed by atoms with Crippen LogP contribution in [0, 0.1) is 5.92 Å². The van der Waals surface area contributed by atoms with Crippen molar-refractivity contribution in [1.82, 2.24) is 5.73 Å². The molecule has 0 saturated heterocycles. The summed E-state index contributed by atoms with van der Waals surface area (Å²) in [5.41, 5.74) is 8.58. The molecule has 0 spiro atoms. The molecule has 69 valence electrons. The van der Waals surface area contributed by atoms with E-state index in [2.05, 4.69) is 13.8 Å². The zero-order valence-electron chi connectivity index (χ0n) is 8.00. The molecule has 2 nitrogen and oxygen atoms in total. The molecule has 0 aromatic heterocycles. The van der Waals surface area contributed by atoms with E-state index in [1.165, 1.54) is 5.56 Å². The summed E-state index contributed by atoms with van der Waals surface area (Å²) in [7, 11) is 0. The van der Waals surface area contributed by atoms with Gasteiger partial charge >= 0.3 is 0 Å². The normalized spacial score (nSPS) is 10.4. The third kappa shape index (κ3) is 2.90. The van der Waals surface area contributed by atoms with Crippen molar-refractivity contribution in [1.29, 1.82) is 0 Å². The number of hydrogen-bond donors (Lipinski definition) is 0. The second-order valence-corrected chi connectivity index (χ2v) is 3.62. The van der Waals surface area contributed by atoms with Crippen LogP contribution in [0.5, 0.6) is 0 Å². The van der Waals surface area contributed by atoms with E-state index in [4.69, 9.17) is 5.73 Å². The number of rotatable bonds is 3. The Morgan fingerprint density at radius 2 is 1.85 bits per heavy atom. The van der Waals surface area contributed by atoms with Crippen molar-refractivity contribution < 1.29 is 4.79 Å². The fourth-order valence-electron chi connectivity index (χ4n) is 1.26. The Labute approximate surface area is 78.8 Å². The molecule has 2 heteroatoms. The zero-order chi connectivity index (χ0) is 9.84. The van der Waals surface area contributed by atoms with Crippen molar-refractivity contribution in [2.75, 3.05) is 0 Å². The summed E-state index contributed by atoms with van der Waals surface area (Å²) in [5.74, 6) is 0.00801. The number of nitrogens with one attached hydrogen (secondary N) is 1. The van der Waals surface area contributed by atoms with Gasteiger partial charge in [0.05, 0.1) is 0 Å². The van der Waals surface area contributed by atoms with Gasteiger partial charge in [-0.25, -0.2) is 0 Å². The average molecular weight is 176 g/mol. The summed E-state index contributed by atoms with van der Waals surface area (Å²) >= 11 is 0. The van der Waals surface area contributed by atoms with E-state index in [0.29, 0.717) is 11.5 Å². The lowest BCUT2D eigenvalue weighted by molar-refractivity contribution is 0.0992. The topological polar surface area (TPSA) is 40.9 Å². The minimum absolute atomic E-state index is 0.465. The minimum atomic E-state index is -0.615. The Morgan fingerprint density at radius 3 is 2.23 bits per heavy atom. The summed E-state index contributed by atoms with van der Waals surface area (Å²) in [6, 6.07) is 7.27. The van der Waals surface area contributed by atoms with E-state index in [9.17, 15) is 4.79 Å². The van der Waals surface area contributed by atoms with Crippen molar-refractivity contribution in [3.63, 3.8) is 0 Å². The molecule has 13 heavy (non-hydrogen) atoms. The maximum absolute atomic E-state index is 10.6. The lowest BCUT2D eigenvalue weighted by atomic mass is 10.0. The van der Waals surface area contributed by atoms with Crippen LogP contribution in [0.4, 0.5) is 0 Å². The maximum Gasteiger partial charge on any atom is 0.269 e. The highest BCUT2D eigenvalue weighted by molar-refractivity contribution is 5.92. The van der Waals surface area contributed by atoms with Gasteiger partial charge in [-0.1, -0.05) is 26.0 Å². The molecule has 0 atom stereocenters. The van der Waals surface area contributed by atoms with E-state index in [1.54, 1.807) is 12.1 Å². The van der Waals surface area contributed by atoms with Crippen molar-refractivity contribution in [2.24, 2.45) is 5.92 Å². The molecule has 0 heterocycles. The largest absolute Gasteiger partial charge is 0.269 e. The van der Waals surface area contributed by atoms with Crippen LogP contribution in [-0.2, 0) is 6.42 Å². The standard InChI is InChI=1S/C11H14NO/c1-8(2)7-9-3-5-10(6-4-9)11(12)13/h3-6,8,12H,7H2,1-2H3. The molecular weight excluding hydrogens is 162 g/mol. The molecule has 0 saturated carbocycles. The van der Waals surface area contributed by atoms with Crippen LogP contribution in [0.15, 0.2) is 24.3 Å². The van der Waals surface area contributed by atoms with Gasteiger partial charge in [0.2, 0.25) is 0 Å². The Hall–Kier alpha value is -1.31. The van der Waals surface area contributed by atoms with Gasteiger partial charge in [-0.05, 0) is 30.0 Å². The van der Waals surface area contributed by atoms with Crippen LogP contribution in [0.25, 0.3) is 0 Å². The highest BCUT2D eigenvalue weighted by atomic mass is 16.1. The zero-order valence-corrected chi connectivity index (χ0v) is 8.00. The summed E-state index contributed by atoms with van der Waals surface area (Å²) in [4.78, 5) is 10.6. The van der Waals surface area contributed by atoms with Gasteiger partial charge in [0.15, 0.2) is 0 Å². The summed E-state index contributed by atoms with van der Waals surface area (Å²) in [5, 5.41) is 0. The van der Waals surface area contributed by atoms with Crippen LogP contribution >= 0.6 is 0 Å². The fraction of sp³-hybridized carbons (Fsp3) is 0.364. The van der Waals surface area contributed by atoms with Crippen molar-refractivity contribution >= 4 is 5.91 Å². The summed E-state index contributed by atoms with van der Waals surface area (Å²) < 4.78 is 0. The Balaban J connectivity index is 2.75. The molecule has 1 N–H and O–H groups in total. The third-order valence-electron chi connectivity index (χ3n) is 1.86. The molecule has 1 radical (unpaired) electrons. The van der Waals surface area contributed by atoms with Gasteiger partial charge in [-0.15, -0.1) is 0 Å². The first-order chi connectivity index (χ1) is 6.09. The number of carbonyl (C=O) groups excluding carboxylic acids is 1. The number of carbonyl (C=O) groups is 1. The lowest BCUT2D eigenvalue weighted by Crippen LogP contribution is -1.99. The first-order valence-electron chi connectivity index (χ1n) is 4.44. The van der Waals surface area contributed by atoms with Crippen LogP contribution < -0.4 is 5.73 Å². The van der Waals surface area contributed by atoms with Gasteiger partial charge in [-0.2, -0.15) is 0 Å². The van der Waals surface area contributed by atoms with Crippen LogP contribution in [0.3, 0.4) is 0 Å². The molecule has 1 amide bonds. The van der Waals surface area contributed by atoms with Gasteiger partial charge in [0, 0.05) is 5.56 Å². The van der Waals surface area contributed by atoms with E-state index in [1.807, 2.05) is 12.1 Å². The number of benzene rings is 1. The average Bonchev–Trinajstić information content (AvgIpc) is 2.04. The fourth-order valence-corrected chi connectivity index (χ4v) is 1.26. The molecule has 1 aromatic rings. The summed E-state index contributed by atoms with van der Waals surface area (Å²) in [6.45, 7) is 4.31. The van der Waals surface area contributed by atoms with Crippen LogP contribution in [0.2, 0.25) is 0 Å². The van der Waals surface area contributed by atoms with E-state index >= 15 is 0 Å². The van der Waals surface area contributed by atoms with E-state index in [0.717, 1.165) is 6.42 Å². The third-order valence-corrected chi connectivity index (χ3v) is 1.86. The molecule has 0 aliphatic heterocycles. The smallest absolute Gasteiger partial charge is 0.267 e. The molecular formula is C11H14NO. The molecule has 1 rings (SSSR count). The van der Waals surface area contributed by atoms with Crippen molar-refractivity contribution in [3.8, 4) is 0 Å². The van der Waals surface area contributed by atoms with E-state index in [-0.39, 0.29) is 0 Å². The van der Waals surface area contributed by atoms with Gasteiger partial charge in [-0.3, -0.25) is 10.5 Å². The quantitative estimate of drug-likeness (QED) is 0.696. The second kappa shape index (κ2) is 4.08. The molecule has 0 aliphatic carbocycles. The Kier molecular flexibility index (Phi) is 3.07. The van der Waals surface area contributed by atoms with E-state index < -0.39 is 5.91 Å². The second-order valence-electron chi connectivity index (χ2n) is 3.62. The highest BCUT2D eigenvalue weighted by Gasteiger charge is 2.01. The van der Waals surface area contributed by atoms with Crippen LogP contribution in [0.1, 0.15) is 29.8 Å².